The summed E-state index contributed by atoms with van der Waals surface area (Å²) >= 11 is 0. The van der Waals surface area contributed by atoms with Crippen molar-refractivity contribution in [3.05, 3.63) is 0 Å². The maximum Gasteiger partial charge on any atom is 0.222 e. The number of nitrogens with two attached hydrogens (primary N) is 1. The molecule has 0 spiro atoms. The second kappa shape index (κ2) is 7.25. The summed E-state index contributed by atoms with van der Waals surface area (Å²) in [6.45, 7) is 4.36. The van der Waals surface area contributed by atoms with E-state index in [1.165, 1.54) is 12.8 Å². The molecule has 1 unspecified atom stereocenters. The van der Waals surface area contributed by atoms with Crippen LogP contribution in [0.15, 0.2) is 0 Å². The van der Waals surface area contributed by atoms with Gasteiger partial charge in [0.25, 0.3) is 0 Å². The third-order valence-corrected chi connectivity index (χ3v) is 4.60. The summed E-state index contributed by atoms with van der Waals surface area (Å²) < 4.78 is 5.61. The molecule has 0 radical (unpaired) electrons. The molecule has 110 valence electrons. The molecule has 0 bridgehead atoms. The second-order valence-electron chi connectivity index (χ2n) is 6.06. The number of carbonyl (C=O) groups is 1. The van der Waals surface area contributed by atoms with Gasteiger partial charge in [-0.15, -0.1) is 0 Å². The molecule has 1 saturated heterocycles. The molecule has 4 heteroatoms. The van der Waals surface area contributed by atoms with Gasteiger partial charge in [0.1, 0.15) is 0 Å². The lowest BCUT2D eigenvalue weighted by Gasteiger charge is -2.33. The largest absolute Gasteiger partial charge is 0.375 e. The van der Waals surface area contributed by atoms with Gasteiger partial charge in [-0.05, 0) is 44.4 Å². The van der Waals surface area contributed by atoms with E-state index in [0.29, 0.717) is 30.9 Å². The van der Waals surface area contributed by atoms with Crippen LogP contribution < -0.4 is 5.73 Å². The molecule has 1 amide bonds. The minimum atomic E-state index is 0.241. The standard InChI is InChI=1S/C15H28N2O2/c1-2-14-11-17(9-10-19-14)15(18)8-5-12-3-6-13(16)7-4-12/h12-14H,2-11,16H2,1H3. The van der Waals surface area contributed by atoms with E-state index in [2.05, 4.69) is 6.92 Å². The van der Waals surface area contributed by atoms with E-state index in [9.17, 15) is 4.79 Å². The van der Waals surface area contributed by atoms with Crippen LogP contribution in [-0.2, 0) is 9.53 Å². The highest BCUT2D eigenvalue weighted by Gasteiger charge is 2.24. The highest BCUT2D eigenvalue weighted by Crippen LogP contribution is 2.27. The number of nitrogens with zero attached hydrogens (tertiary/aromatic N) is 1. The van der Waals surface area contributed by atoms with Crippen molar-refractivity contribution in [1.82, 2.24) is 4.90 Å². The Kier molecular flexibility index (Phi) is 5.64. The predicted molar refractivity (Wildman–Crippen MR) is 75.8 cm³/mol. The Bertz CT molecular complexity index is 288. The Hall–Kier alpha value is -0.610. The SMILES string of the molecule is CCC1CN(C(=O)CCC2CCC(N)CC2)CCO1. The molecule has 1 atom stereocenters. The van der Waals surface area contributed by atoms with E-state index in [1.807, 2.05) is 4.90 Å². The van der Waals surface area contributed by atoms with Crippen molar-refractivity contribution < 1.29 is 9.53 Å². The number of hydrogen-bond donors (Lipinski definition) is 1. The molecule has 2 fully saturated rings. The van der Waals surface area contributed by atoms with E-state index in [0.717, 1.165) is 38.8 Å². The minimum Gasteiger partial charge on any atom is -0.375 e. The monoisotopic (exact) mass is 268 g/mol. The van der Waals surface area contributed by atoms with E-state index < -0.39 is 0 Å². The number of rotatable bonds is 4. The average molecular weight is 268 g/mol. The van der Waals surface area contributed by atoms with Gasteiger partial charge in [0.2, 0.25) is 5.91 Å². The first-order valence-corrected chi connectivity index (χ1v) is 7.84. The molecule has 19 heavy (non-hydrogen) atoms. The van der Waals surface area contributed by atoms with Crippen molar-refractivity contribution >= 4 is 5.91 Å². The van der Waals surface area contributed by atoms with Crippen molar-refractivity contribution in [2.24, 2.45) is 11.7 Å². The molecule has 1 heterocycles. The van der Waals surface area contributed by atoms with Crippen LogP contribution in [0.25, 0.3) is 0 Å². The summed E-state index contributed by atoms with van der Waals surface area (Å²) in [6, 6.07) is 0.400. The number of ether oxygens (including phenoxy) is 1. The van der Waals surface area contributed by atoms with E-state index in [-0.39, 0.29) is 6.10 Å². The van der Waals surface area contributed by atoms with Crippen LogP contribution in [0.2, 0.25) is 0 Å². The van der Waals surface area contributed by atoms with E-state index in [1.54, 1.807) is 0 Å². The van der Waals surface area contributed by atoms with Crippen molar-refractivity contribution in [3.63, 3.8) is 0 Å². The maximum absolute atomic E-state index is 12.2. The Morgan fingerprint density at radius 3 is 2.74 bits per heavy atom. The molecule has 2 N–H and O–H groups in total. The predicted octanol–water partition coefficient (Wildman–Crippen LogP) is 1.92. The van der Waals surface area contributed by atoms with Crippen molar-refractivity contribution in [1.29, 1.82) is 0 Å². The molecule has 0 aromatic carbocycles. The number of carbonyl (C=O) groups excluding carboxylic acids is 1. The van der Waals surface area contributed by atoms with Crippen LogP contribution in [0.5, 0.6) is 0 Å². The first-order valence-electron chi connectivity index (χ1n) is 7.84. The molecule has 0 aromatic rings. The molecular weight excluding hydrogens is 240 g/mol. The molecule has 1 aliphatic heterocycles. The summed E-state index contributed by atoms with van der Waals surface area (Å²) in [5.74, 6) is 1.03. The fraction of sp³-hybridized carbons (Fsp3) is 0.933. The third kappa shape index (κ3) is 4.46. The number of morpholine rings is 1. The fourth-order valence-electron chi connectivity index (χ4n) is 3.16. The van der Waals surface area contributed by atoms with Gasteiger partial charge in [0.15, 0.2) is 0 Å². The van der Waals surface area contributed by atoms with Gasteiger partial charge in [-0.25, -0.2) is 0 Å². The Labute approximate surface area is 116 Å². The quantitative estimate of drug-likeness (QED) is 0.847. The van der Waals surface area contributed by atoms with Crippen LogP contribution >= 0.6 is 0 Å². The van der Waals surface area contributed by atoms with Crippen molar-refractivity contribution in [2.45, 2.75) is 64.0 Å². The number of amides is 1. The lowest BCUT2D eigenvalue weighted by atomic mass is 9.83. The summed E-state index contributed by atoms with van der Waals surface area (Å²) in [5, 5.41) is 0. The highest BCUT2D eigenvalue weighted by molar-refractivity contribution is 5.76. The van der Waals surface area contributed by atoms with E-state index >= 15 is 0 Å². The minimum absolute atomic E-state index is 0.241. The maximum atomic E-state index is 12.2. The zero-order chi connectivity index (χ0) is 13.7. The number of hydrogen-bond acceptors (Lipinski definition) is 3. The molecule has 1 aliphatic carbocycles. The lowest BCUT2D eigenvalue weighted by molar-refractivity contribution is -0.139. The molecular formula is C15H28N2O2. The Morgan fingerprint density at radius 1 is 1.32 bits per heavy atom. The average Bonchev–Trinajstić information content (AvgIpc) is 2.46. The molecule has 2 aliphatic rings. The van der Waals surface area contributed by atoms with Crippen molar-refractivity contribution in [3.8, 4) is 0 Å². The van der Waals surface area contributed by atoms with E-state index in [4.69, 9.17) is 10.5 Å². The molecule has 0 aromatic heterocycles. The zero-order valence-corrected chi connectivity index (χ0v) is 12.1. The summed E-state index contributed by atoms with van der Waals surface area (Å²) in [7, 11) is 0. The Balaban J connectivity index is 1.69. The van der Waals surface area contributed by atoms with Crippen LogP contribution in [0.1, 0.15) is 51.9 Å². The topological polar surface area (TPSA) is 55.6 Å². The summed E-state index contributed by atoms with van der Waals surface area (Å²) in [5.41, 5.74) is 5.91. The fourth-order valence-corrected chi connectivity index (χ4v) is 3.16. The van der Waals surface area contributed by atoms with Crippen LogP contribution in [0.3, 0.4) is 0 Å². The molecule has 4 nitrogen and oxygen atoms in total. The smallest absolute Gasteiger partial charge is 0.222 e. The van der Waals surface area contributed by atoms with Gasteiger partial charge >= 0.3 is 0 Å². The first kappa shape index (κ1) is 14.8. The molecule has 2 rings (SSSR count). The summed E-state index contributed by atoms with van der Waals surface area (Å²) in [6.07, 6.45) is 7.65. The van der Waals surface area contributed by atoms with Gasteiger partial charge in [0, 0.05) is 25.6 Å². The first-order chi connectivity index (χ1) is 9.19. The van der Waals surface area contributed by atoms with Gasteiger partial charge in [-0.3, -0.25) is 4.79 Å². The normalized spacial score (nSPS) is 32.3. The third-order valence-electron chi connectivity index (χ3n) is 4.60. The van der Waals surface area contributed by atoms with Gasteiger partial charge in [-0.2, -0.15) is 0 Å². The lowest BCUT2D eigenvalue weighted by Crippen LogP contribution is -2.45. The van der Waals surface area contributed by atoms with Gasteiger partial charge in [0.05, 0.1) is 12.7 Å². The highest BCUT2D eigenvalue weighted by atomic mass is 16.5. The molecule has 1 saturated carbocycles. The van der Waals surface area contributed by atoms with Crippen LogP contribution in [-0.4, -0.2) is 42.6 Å². The van der Waals surface area contributed by atoms with Crippen LogP contribution in [0, 0.1) is 5.92 Å². The summed E-state index contributed by atoms with van der Waals surface area (Å²) in [4.78, 5) is 14.2. The van der Waals surface area contributed by atoms with Crippen LogP contribution in [0.4, 0.5) is 0 Å². The van der Waals surface area contributed by atoms with Gasteiger partial charge < -0.3 is 15.4 Å². The van der Waals surface area contributed by atoms with Crippen molar-refractivity contribution in [2.75, 3.05) is 19.7 Å². The Morgan fingerprint density at radius 2 is 2.05 bits per heavy atom. The van der Waals surface area contributed by atoms with Gasteiger partial charge in [-0.1, -0.05) is 6.92 Å². The second-order valence-corrected chi connectivity index (χ2v) is 6.06. The zero-order valence-electron chi connectivity index (χ0n) is 12.1.